The Bertz CT molecular complexity index is 836. The van der Waals surface area contributed by atoms with E-state index in [1.165, 1.54) is 11.1 Å². The van der Waals surface area contributed by atoms with Gasteiger partial charge in [-0.25, -0.2) is 0 Å². The normalized spacial score (nSPS) is 11.4. The first-order valence-corrected chi connectivity index (χ1v) is 8.30. The Morgan fingerprint density at radius 1 is 1.04 bits per heavy atom. The largest absolute Gasteiger partial charge is 0.357 e. The van der Waals surface area contributed by atoms with Crippen molar-refractivity contribution in [2.45, 2.75) is 13.1 Å². The highest BCUT2D eigenvalue weighted by molar-refractivity contribution is 5.79. The summed E-state index contributed by atoms with van der Waals surface area (Å²) in [6, 6.07) is 16.4. The van der Waals surface area contributed by atoms with E-state index >= 15 is 0 Å². The summed E-state index contributed by atoms with van der Waals surface area (Å²) in [5.41, 5.74) is 4.51. The minimum absolute atomic E-state index is 0.704. The van der Waals surface area contributed by atoms with Crippen LogP contribution >= 0.6 is 0 Å². The number of pyridine rings is 1. The average Bonchev–Trinajstić information content (AvgIpc) is 3.08. The maximum absolute atomic E-state index is 4.41. The summed E-state index contributed by atoms with van der Waals surface area (Å²) in [5, 5.41) is 6.68. The van der Waals surface area contributed by atoms with E-state index in [0.29, 0.717) is 6.54 Å². The number of aromatic nitrogens is 2. The molecule has 2 aromatic heterocycles. The number of nitrogens with zero attached hydrogens (tertiary/aromatic N) is 3. The molecule has 0 spiro atoms. The van der Waals surface area contributed by atoms with E-state index in [4.69, 9.17) is 0 Å². The molecular formula is C20H23N5. The average molecular weight is 333 g/mol. The first-order chi connectivity index (χ1) is 12.2. The number of hydrogen-bond acceptors (Lipinski definition) is 2. The van der Waals surface area contributed by atoms with Crippen LogP contribution in [0.25, 0.3) is 11.3 Å². The monoisotopic (exact) mass is 333 g/mol. The second kappa shape index (κ2) is 8.15. The van der Waals surface area contributed by atoms with Gasteiger partial charge in [0.05, 0.1) is 5.69 Å². The van der Waals surface area contributed by atoms with Crippen LogP contribution in [0.15, 0.2) is 72.1 Å². The van der Waals surface area contributed by atoms with Gasteiger partial charge in [0.2, 0.25) is 0 Å². The maximum Gasteiger partial charge on any atom is 0.191 e. The summed E-state index contributed by atoms with van der Waals surface area (Å²) in [6.07, 6.45) is 5.95. The molecule has 0 aliphatic heterocycles. The molecule has 5 heteroatoms. The molecule has 0 saturated heterocycles. The molecule has 2 N–H and O–H groups in total. The highest BCUT2D eigenvalue weighted by atomic mass is 15.2. The first-order valence-electron chi connectivity index (χ1n) is 8.30. The molecule has 2 heterocycles. The molecule has 0 aliphatic rings. The van der Waals surface area contributed by atoms with Crippen LogP contribution < -0.4 is 10.6 Å². The van der Waals surface area contributed by atoms with Gasteiger partial charge in [-0.2, -0.15) is 0 Å². The predicted molar refractivity (Wildman–Crippen MR) is 102 cm³/mol. The molecule has 0 unspecified atom stereocenters. The smallest absolute Gasteiger partial charge is 0.191 e. The SMILES string of the molecule is CN=C(NCc1cccc(-c2ccccn2)c1)NCc1ccn(C)c1. The predicted octanol–water partition coefficient (Wildman–Crippen LogP) is 2.95. The van der Waals surface area contributed by atoms with E-state index in [1.807, 2.05) is 42.2 Å². The van der Waals surface area contributed by atoms with Gasteiger partial charge in [-0.05, 0) is 35.4 Å². The molecule has 0 bridgehead atoms. The van der Waals surface area contributed by atoms with Crippen LogP contribution in [-0.2, 0) is 20.1 Å². The van der Waals surface area contributed by atoms with Gasteiger partial charge < -0.3 is 15.2 Å². The van der Waals surface area contributed by atoms with E-state index < -0.39 is 0 Å². The third-order valence-electron chi connectivity index (χ3n) is 3.92. The molecular weight excluding hydrogens is 310 g/mol. The molecule has 0 saturated carbocycles. The van der Waals surface area contributed by atoms with Gasteiger partial charge in [0.15, 0.2) is 5.96 Å². The fourth-order valence-electron chi connectivity index (χ4n) is 2.63. The topological polar surface area (TPSA) is 54.2 Å². The Labute approximate surface area is 148 Å². The molecule has 5 nitrogen and oxygen atoms in total. The lowest BCUT2D eigenvalue weighted by molar-refractivity contribution is 0.806. The van der Waals surface area contributed by atoms with Gasteiger partial charge in [0, 0.05) is 51.3 Å². The summed E-state index contributed by atoms with van der Waals surface area (Å²) < 4.78 is 2.04. The summed E-state index contributed by atoms with van der Waals surface area (Å²) in [7, 11) is 3.80. The van der Waals surface area contributed by atoms with Gasteiger partial charge in [0.25, 0.3) is 0 Å². The zero-order valence-corrected chi connectivity index (χ0v) is 14.6. The third kappa shape index (κ3) is 4.70. The lowest BCUT2D eigenvalue weighted by Gasteiger charge is -2.12. The molecule has 128 valence electrons. The highest BCUT2D eigenvalue weighted by Crippen LogP contribution is 2.17. The first kappa shape index (κ1) is 16.8. The van der Waals surface area contributed by atoms with Crippen LogP contribution in [0, 0.1) is 0 Å². The highest BCUT2D eigenvalue weighted by Gasteiger charge is 2.02. The molecule has 3 rings (SSSR count). The Morgan fingerprint density at radius 2 is 1.88 bits per heavy atom. The molecule has 0 radical (unpaired) electrons. The second-order valence-corrected chi connectivity index (χ2v) is 5.88. The van der Waals surface area contributed by atoms with Crippen molar-refractivity contribution < 1.29 is 0 Å². The summed E-state index contributed by atoms with van der Waals surface area (Å²) >= 11 is 0. The fraction of sp³-hybridized carbons (Fsp3) is 0.200. The number of rotatable bonds is 5. The van der Waals surface area contributed by atoms with Crippen LogP contribution in [0.1, 0.15) is 11.1 Å². The van der Waals surface area contributed by atoms with Gasteiger partial charge in [-0.3, -0.25) is 9.98 Å². The molecule has 0 fully saturated rings. The van der Waals surface area contributed by atoms with Crippen LogP contribution in [0.4, 0.5) is 0 Å². The minimum atomic E-state index is 0.704. The molecule has 25 heavy (non-hydrogen) atoms. The molecule has 0 atom stereocenters. The van der Waals surface area contributed by atoms with Gasteiger partial charge >= 0.3 is 0 Å². The second-order valence-electron chi connectivity index (χ2n) is 5.88. The number of benzene rings is 1. The Morgan fingerprint density at radius 3 is 2.56 bits per heavy atom. The van der Waals surface area contributed by atoms with E-state index in [-0.39, 0.29) is 0 Å². The summed E-state index contributed by atoms with van der Waals surface area (Å²) in [4.78, 5) is 8.69. The molecule has 3 aromatic rings. The van der Waals surface area contributed by atoms with E-state index in [1.54, 1.807) is 7.05 Å². The maximum atomic E-state index is 4.41. The van der Waals surface area contributed by atoms with E-state index in [2.05, 4.69) is 57.1 Å². The summed E-state index contributed by atoms with van der Waals surface area (Å²) in [5.74, 6) is 0.784. The number of hydrogen-bond donors (Lipinski definition) is 2. The zero-order chi connectivity index (χ0) is 17.5. The van der Waals surface area contributed by atoms with Crippen molar-refractivity contribution in [1.82, 2.24) is 20.2 Å². The van der Waals surface area contributed by atoms with Gasteiger partial charge in [0.1, 0.15) is 0 Å². The minimum Gasteiger partial charge on any atom is -0.357 e. The van der Waals surface area contributed by atoms with Crippen molar-refractivity contribution in [3.63, 3.8) is 0 Å². The van der Waals surface area contributed by atoms with Crippen molar-refractivity contribution in [3.8, 4) is 11.3 Å². The van der Waals surface area contributed by atoms with E-state index in [0.717, 1.165) is 23.8 Å². The fourth-order valence-corrected chi connectivity index (χ4v) is 2.63. The van der Waals surface area contributed by atoms with Gasteiger partial charge in [-0.15, -0.1) is 0 Å². The number of nitrogens with one attached hydrogen (secondary N) is 2. The zero-order valence-electron chi connectivity index (χ0n) is 14.6. The van der Waals surface area contributed by atoms with Crippen LogP contribution in [-0.4, -0.2) is 22.6 Å². The Hall–Kier alpha value is -3.08. The standard InChI is InChI=1S/C20H23N5/c1-21-20(24-14-17-9-11-25(2)15-17)23-13-16-6-5-7-18(12-16)19-8-3-4-10-22-19/h3-12,15H,13-14H2,1-2H3,(H2,21,23,24). The molecule has 1 aromatic carbocycles. The van der Waals surface area contributed by atoms with Crippen LogP contribution in [0.3, 0.4) is 0 Å². The number of guanidine groups is 1. The van der Waals surface area contributed by atoms with Crippen LogP contribution in [0.5, 0.6) is 0 Å². The molecule has 0 amide bonds. The van der Waals surface area contributed by atoms with Gasteiger partial charge in [-0.1, -0.05) is 24.3 Å². The lowest BCUT2D eigenvalue weighted by Crippen LogP contribution is -2.36. The quantitative estimate of drug-likeness (QED) is 0.557. The van der Waals surface area contributed by atoms with Crippen LogP contribution in [0.2, 0.25) is 0 Å². The van der Waals surface area contributed by atoms with Crippen molar-refractivity contribution in [3.05, 3.63) is 78.2 Å². The van der Waals surface area contributed by atoms with Crippen molar-refractivity contribution in [2.24, 2.45) is 12.0 Å². The van der Waals surface area contributed by atoms with Crippen molar-refractivity contribution in [1.29, 1.82) is 0 Å². The van der Waals surface area contributed by atoms with Crippen molar-refractivity contribution >= 4 is 5.96 Å². The molecule has 0 aliphatic carbocycles. The number of aryl methyl sites for hydroxylation is 1. The Kier molecular flexibility index (Phi) is 5.46. The lowest BCUT2D eigenvalue weighted by atomic mass is 10.1. The summed E-state index contributed by atoms with van der Waals surface area (Å²) in [6.45, 7) is 1.45. The van der Waals surface area contributed by atoms with Crippen molar-refractivity contribution in [2.75, 3.05) is 7.05 Å². The number of aliphatic imine (C=N–C) groups is 1. The Balaban J connectivity index is 1.58. The van der Waals surface area contributed by atoms with E-state index in [9.17, 15) is 0 Å². The third-order valence-corrected chi connectivity index (χ3v) is 3.92.